The smallest absolute Gasteiger partial charge is 0.344 e. The zero-order valence-corrected chi connectivity index (χ0v) is 22.2. The van der Waals surface area contributed by atoms with Crippen molar-refractivity contribution in [2.75, 3.05) is 43.1 Å². The van der Waals surface area contributed by atoms with E-state index in [1.807, 2.05) is 13.8 Å². The van der Waals surface area contributed by atoms with Crippen LogP contribution < -0.4 is 23.8 Å². The van der Waals surface area contributed by atoms with E-state index in [9.17, 15) is 18.0 Å². The lowest BCUT2D eigenvalue weighted by Gasteiger charge is -2.20. The maximum atomic E-state index is 12.9. The van der Waals surface area contributed by atoms with Crippen molar-refractivity contribution in [1.82, 2.24) is 0 Å². The van der Waals surface area contributed by atoms with Gasteiger partial charge in [-0.25, -0.2) is 13.2 Å². The maximum absolute atomic E-state index is 12.9. The maximum Gasteiger partial charge on any atom is 0.344 e. The number of carbonyl (C=O) groups is 2. The van der Waals surface area contributed by atoms with Gasteiger partial charge >= 0.3 is 5.97 Å². The molecule has 0 saturated carbocycles. The first-order valence-electron chi connectivity index (χ1n) is 11.9. The minimum atomic E-state index is -3.79. The van der Waals surface area contributed by atoms with Crippen LogP contribution in [0.4, 0.5) is 11.4 Å². The van der Waals surface area contributed by atoms with Crippen LogP contribution in [-0.2, 0) is 24.3 Å². The summed E-state index contributed by atoms with van der Waals surface area (Å²) in [4.78, 5) is 24.1. The predicted molar refractivity (Wildman–Crippen MR) is 142 cm³/mol. The Hall–Kier alpha value is -4.25. The lowest BCUT2D eigenvalue weighted by molar-refractivity contribution is -0.149. The number of anilines is 2. The number of ether oxygens (including phenoxy) is 4. The minimum absolute atomic E-state index is 0.123. The highest BCUT2D eigenvalue weighted by Crippen LogP contribution is 2.25. The molecule has 1 N–H and O–H groups in total. The van der Waals surface area contributed by atoms with Crippen LogP contribution in [0.25, 0.3) is 0 Å². The molecule has 0 aromatic heterocycles. The molecule has 0 radical (unpaired) electrons. The Bertz CT molecular complexity index is 1310. The average molecular weight is 543 g/mol. The van der Waals surface area contributed by atoms with Gasteiger partial charge in [-0.15, -0.1) is 0 Å². The molecule has 0 atom stereocenters. The number of amides is 1. The van der Waals surface area contributed by atoms with Crippen molar-refractivity contribution in [1.29, 1.82) is 0 Å². The number of hydrogen-bond donors (Lipinski definition) is 1. The van der Waals surface area contributed by atoms with E-state index in [2.05, 4.69) is 5.32 Å². The number of esters is 1. The van der Waals surface area contributed by atoms with Crippen LogP contribution in [0.5, 0.6) is 17.2 Å². The summed E-state index contributed by atoms with van der Waals surface area (Å²) < 4.78 is 48.1. The van der Waals surface area contributed by atoms with Crippen molar-refractivity contribution >= 4 is 33.3 Å². The van der Waals surface area contributed by atoms with Crippen molar-refractivity contribution in [2.45, 2.75) is 18.7 Å². The van der Waals surface area contributed by atoms with Crippen molar-refractivity contribution < 1.29 is 37.0 Å². The van der Waals surface area contributed by atoms with E-state index < -0.39 is 35.1 Å². The molecule has 0 aliphatic carbocycles. The number of sulfonamides is 1. The summed E-state index contributed by atoms with van der Waals surface area (Å²) in [6, 6.07) is 19.1. The molecule has 10 nitrogen and oxygen atoms in total. The van der Waals surface area contributed by atoms with Crippen molar-refractivity contribution in [3.8, 4) is 17.2 Å². The molecule has 0 fully saturated rings. The third-order valence-electron chi connectivity index (χ3n) is 5.16. The molecule has 3 rings (SSSR count). The van der Waals surface area contributed by atoms with Crippen molar-refractivity contribution in [2.24, 2.45) is 0 Å². The number of nitrogens with one attached hydrogen (secondary N) is 1. The normalized spacial score (nSPS) is 10.8. The van der Waals surface area contributed by atoms with Crippen LogP contribution in [0.3, 0.4) is 0 Å². The molecule has 0 spiro atoms. The van der Waals surface area contributed by atoms with Gasteiger partial charge in [0.25, 0.3) is 15.9 Å². The van der Waals surface area contributed by atoms with Crippen LogP contribution in [0.15, 0.2) is 77.7 Å². The lowest BCUT2D eigenvalue weighted by Crippen LogP contribution is -2.26. The van der Waals surface area contributed by atoms with E-state index >= 15 is 0 Å². The number of benzene rings is 3. The first-order valence-corrected chi connectivity index (χ1v) is 13.3. The Morgan fingerprint density at radius 3 is 1.79 bits per heavy atom. The highest BCUT2D eigenvalue weighted by atomic mass is 32.2. The Morgan fingerprint density at radius 2 is 1.24 bits per heavy atom. The highest BCUT2D eigenvalue weighted by Gasteiger charge is 2.21. The van der Waals surface area contributed by atoms with Crippen LogP contribution in [0.1, 0.15) is 13.8 Å². The van der Waals surface area contributed by atoms with Crippen LogP contribution >= 0.6 is 0 Å². The van der Waals surface area contributed by atoms with E-state index in [-0.39, 0.29) is 4.90 Å². The number of nitrogens with zero attached hydrogens (tertiary/aromatic N) is 1. The topological polar surface area (TPSA) is 120 Å². The summed E-state index contributed by atoms with van der Waals surface area (Å²) >= 11 is 0. The fourth-order valence-electron chi connectivity index (χ4n) is 3.25. The summed E-state index contributed by atoms with van der Waals surface area (Å²) in [7, 11) is -2.34. The predicted octanol–water partition coefficient (Wildman–Crippen LogP) is 3.87. The van der Waals surface area contributed by atoms with Gasteiger partial charge in [0.15, 0.2) is 13.2 Å². The summed E-state index contributed by atoms with van der Waals surface area (Å²) in [5, 5.41) is 2.62. The molecule has 3 aromatic carbocycles. The van der Waals surface area contributed by atoms with E-state index in [0.29, 0.717) is 41.8 Å². The zero-order valence-electron chi connectivity index (χ0n) is 21.4. The molecule has 3 aromatic rings. The molecule has 0 heterocycles. The van der Waals surface area contributed by atoms with Gasteiger partial charge in [0.2, 0.25) is 0 Å². The molecular weight excluding hydrogens is 512 g/mol. The average Bonchev–Trinajstić information content (AvgIpc) is 2.92. The fourth-order valence-corrected chi connectivity index (χ4v) is 4.45. The highest BCUT2D eigenvalue weighted by molar-refractivity contribution is 7.92. The summed E-state index contributed by atoms with van der Waals surface area (Å²) in [6.45, 7) is 3.85. The van der Waals surface area contributed by atoms with Gasteiger partial charge in [0, 0.05) is 12.7 Å². The first kappa shape index (κ1) is 28.3. The second-order valence-electron chi connectivity index (χ2n) is 7.83. The number of rotatable bonds is 13. The van der Waals surface area contributed by atoms with E-state index in [4.69, 9.17) is 18.9 Å². The Balaban J connectivity index is 1.46. The Labute approximate surface area is 222 Å². The minimum Gasteiger partial charge on any atom is -0.494 e. The van der Waals surface area contributed by atoms with Crippen LogP contribution in [-0.4, -0.2) is 53.8 Å². The zero-order chi connectivity index (χ0) is 27.5. The second-order valence-corrected chi connectivity index (χ2v) is 9.80. The molecule has 38 heavy (non-hydrogen) atoms. The fraction of sp³-hybridized carbons (Fsp3) is 0.259. The first-order chi connectivity index (χ1) is 18.2. The van der Waals surface area contributed by atoms with E-state index in [1.165, 1.54) is 31.3 Å². The van der Waals surface area contributed by atoms with Gasteiger partial charge in [-0.2, -0.15) is 0 Å². The number of hydrogen-bond acceptors (Lipinski definition) is 8. The molecular formula is C27H30N2O8S. The quantitative estimate of drug-likeness (QED) is 0.323. The van der Waals surface area contributed by atoms with Crippen molar-refractivity contribution in [3.63, 3.8) is 0 Å². The number of carbonyl (C=O) groups excluding carboxylic acids is 2. The van der Waals surface area contributed by atoms with Gasteiger partial charge in [0.05, 0.1) is 23.8 Å². The Morgan fingerprint density at radius 1 is 0.737 bits per heavy atom. The summed E-state index contributed by atoms with van der Waals surface area (Å²) in [6.07, 6.45) is 0. The van der Waals surface area contributed by atoms with Gasteiger partial charge in [-0.1, -0.05) is 0 Å². The SMILES string of the molecule is CCOc1ccc(NC(=O)COC(=O)COc2ccc(N(C)S(=O)(=O)c3ccc(OCC)cc3)cc2)cc1. The van der Waals surface area contributed by atoms with Gasteiger partial charge in [-0.3, -0.25) is 9.10 Å². The van der Waals surface area contributed by atoms with Crippen LogP contribution in [0, 0.1) is 0 Å². The van der Waals surface area contributed by atoms with Crippen molar-refractivity contribution in [3.05, 3.63) is 72.8 Å². The van der Waals surface area contributed by atoms with E-state index in [0.717, 1.165) is 4.31 Å². The summed E-state index contributed by atoms with van der Waals surface area (Å²) in [5.74, 6) is 0.372. The molecule has 0 unspecified atom stereocenters. The van der Waals surface area contributed by atoms with Gasteiger partial charge in [0.1, 0.15) is 17.2 Å². The summed E-state index contributed by atoms with van der Waals surface area (Å²) in [5.41, 5.74) is 0.945. The molecule has 11 heteroatoms. The van der Waals surface area contributed by atoms with Crippen LogP contribution in [0.2, 0.25) is 0 Å². The monoisotopic (exact) mass is 542 g/mol. The third kappa shape index (κ3) is 7.87. The lowest BCUT2D eigenvalue weighted by atomic mass is 10.3. The Kier molecular flexibility index (Phi) is 9.94. The molecule has 0 aliphatic heterocycles. The van der Waals surface area contributed by atoms with Gasteiger partial charge in [-0.05, 0) is 86.6 Å². The molecule has 0 bridgehead atoms. The molecule has 202 valence electrons. The molecule has 0 aliphatic rings. The van der Waals surface area contributed by atoms with Gasteiger partial charge < -0.3 is 24.3 Å². The molecule has 1 amide bonds. The van der Waals surface area contributed by atoms with E-state index in [1.54, 1.807) is 48.5 Å². The molecule has 0 saturated heterocycles. The second kappa shape index (κ2) is 13.3. The largest absolute Gasteiger partial charge is 0.494 e. The third-order valence-corrected chi connectivity index (χ3v) is 6.96. The standard InChI is InChI=1S/C27H30N2O8S/c1-4-34-22-10-6-20(7-11-22)28-26(30)18-37-27(31)19-36-24-12-8-21(9-13-24)29(3)38(32,33)25-16-14-23(15-17-25)35-5-2/h6-17H,4-5,18-19H2,1-3H3,(H,28,30).